The zero-order valence-corrected chi connectivity index (χ0v) is 12.6. The maximum Gasteiger partial charge on any atom is 0.243 e. The van der Waals surface area contributed by atoms with E-state index < -0.39 is 10.0 Å². The highest BCUT2D eigenvalue weighted by Crippen LogP contribution is 2.24. The van der Waals surface area contributed by atoms with E-state index in [9.17, 15) is 8.42 Å². The van der Waals surface area contributed by atoms with Crippen molar-refractivity contribution >= 4 is 10.0 Å². The third-order valence-corrected chi connectivity index (χ3v) is 5.96. The zero-order valence-electron chi connectivity index (χ0n) is 11.8. The molecule has 0 amide bonds. The second-order valence-electron chi connectivity index (χ2n) is 5.54. The lowest BCUT2D eigenvalue weighted by atomic mass is 9.96. The molecule has 1 aliphatic heterocycles. The van der Waals surface area contributed by atoms with Crippen molar-refractivity contribution in [2.75, 3.05) is 13.1 Å². The molecule has 2 rings (SSSR count). The van der Waals surface area contributed by atoms with Gasteiger partial charge in [0, 0.05) is 19.1 Å². The quantitative estimate of drug-likeness (QED) is 0.897. The third-order valence-electron chi connectivity index (χ3n) is 4.10. The molecular weight excluding hydrogens is 260 g/mol. The number of rotatable bonds is 2. The number of sulfonamides is 1. The van der Waals surface area contributed by atoms with Crippen LogP contribution >= 0.6 is 0 Å². The molecule has 2 unspecified atom stereocenters. The van der Waals surface area contributed by atoms with Crippen LogP contribution in [-0.2, 0) is 10.0 Å². The average Bonchev–Trinajstić information content (AvgIpc) is 2.35. The summed E-state index contributed by atoms with van der Waals surface area (Å²) in [6.07, 6.45) is 0.825. The highest BCUT2D eigenvalue weighted by molar-refractivity contribution is 7.89. The summed E-state index contributed by atoms with van der Waals surface area (Å²) in [5, 5.41) is 0. The van der Waals surface area contributed by atoms with E-state index in [4.69, 9.17) is 5.73 Å². The summed E-state index contributed by atoms with van der Waals surface area (Å²) in [5.74, 6) is 0.381. The number of nitrogens with zero attached hydrogens (tertiary/aromatic N) is 1. The van der Waals surface area contributed by atoms with Crippen LogP contribution in [0, 0.1) is 19.8 Å². The van der Waals surface area contributed by atoms with Crippen molar-refractivity contribution in [2.45, 2.75) is 38.1 Å². The van der Waals surface area contributed by atoms with Crippen LogP contribution in [0.4, 0.5) is 0 Å². The first-order chi connectivity index (χ1) is 8.82. The van der Waals surface area contributed by atoms with Crippen LogP contribution in [0.3, 0.4) is 0 Å². The Labute approximate surface area is 115 Å². The molecule has 1 aromatic carbocycles. The van der Waals surface area contributed by atoms with Gasteiger partial charge in [0.05, 0.1) is 4.90 Å². The molecule has 106 valence electrons. The van der Waals surface area contributed by atoms with E-state index in [-0.39, 0.29) is 6.04 Å². The second kappa shape index (κ2) is 5.23. The predicted molar refractivity (Wildman–Crippen MR) is 76.4 cm³/mol. The molecule has 1 saturated heterocycles. The summed E-state index contributed by atoms with van der Waals surface area (Å²) >= 11 is 0. The van der Waals surface area contributed by atoms with Gasteiger partial charge in [-0.3, -0.25) is 0 Å². The summed E-state index contributed by atoms with van der Waals surface area (Å²) in [6.45, 7) is 6.95. The Morgan fingerprint density at radius 1 is 1.26 bits per heavy atom. The first-order valence-electron chi connectivity index (χ1n) is 6.65. The van der Waals surface area contributed by atoms with Gasteiger partial charge in [0.25, 0.3) is 0 Å². The van der Waals surface area contributed by atoms with Gasteiger partial charge in [-0.2, -0.15) is 4.31 Å². The van der Waals surface area contributed by atoms with Gasteiger partial charge in [-0.25, -0.2) is 8.42 Å². The number of piperidine rings is 1. The third kappa shape index (κ3) is 2.83. The highest BCUT2D eigenvalue weighted by atomic mass is 32.2. The molecule has 0 spiro atoms. The monoisotopic (exact) mass is 282 g/mol. The van der Waals surface area contributed by atoms with Gasteiger partial charge >= 0.3 is 0 Å². The Balaban J connectivity index is 2.29. The van der Waals surface area contributed by atoms with Gasteiger partial charge in [-0.1, -0.05) is 13.0 Å². The zero-order chi connectivity index (χ0) is 14.2. The highest BCUT2D eigenvalue weighted by Gasteiger charge is 2.32. The van der Waals surface area contributed by atoms with E-state index in [1.807, 2.05) is 19.9 Å². The van der Waals surface area contributed by atoms with Crippen LogP contribution in [-0.4, -0.2) is 31.9 Å². The molecule has 1 heterocycles. The molecule has 1 aromatic rings. The van der Waals surface area contributed by atoms with E-state index >= 15 is 0 Å². The van der Waals surface area contributed by atoms with Crippen molar-refractivity contribution < 1.29 is 8.42 Å². The van der Waals surface area contributed by atoms with Crippen LogP contribution in [0.25, 0.3) is 0 Å². The minimum absolute atomic E-state index is 0.0740. The molecule has 5 heteroatoms. The molecule has 1 fully saturated rings. The van der Waals surface area contributed by atoms with Gasteiger partial charge in [-0.05, 0) is 49.4 Å². The van der Waals surface area contributed by atoms with Crippen molar-refractivity contribution in [3.8, 4) is 0 Å². The van der Waals surface area contributed by atoms with E-state index in [1.165, 1.54) is 4.31 Å². The van der Waals surface area contributed by atoms with Crippen molar-refractivity contribution in [1.29, 1.82) is 0 Å². The minimum atomic E-state index is -3.40. The predicted octanol–water partition coefficient (Wildman–Crippen LogP) is 1.66. The fourth-order valence-corrected chi connectivity index (χ4v) is 3.89. The molecule has 1 aliphatic rings. The molecule has 2 atom stereocenters. The van der Waals surface area contributed by atoms with E-state index in [0.717, 1.165) is 17.5 Å². The second-order valence-corrected chi connectivity index (χ2v) is 7.48. The Hall–Kier alpha value is -0.910. The van der Waals surface area contributed by atoms with Crippen LogP contribution in [0.1, 0.15) is 24.5 Å². The van der Waals surface area contributed by atoms with Crippen LogP contribution in [0.15, 0.2) is 23.1 Å². The topological polar surface area (TPSA) is 63.4 Å². The van der Waals surface area contributed by atoms with Gasteiger partial charge in [-0.15, -0.1) is 0 Å². The number of nitrogens with two attached hydrogens (primary N) is 1. The lowest BCUT2D eigenvalue weighted by Gasteiger charge is -2.34. The van der Waals surface area contributed by atoms with Gasteiger partial charge in [0.15, 0.2) is 0 Å². The lowest BCUT2D eigenvalue weighted by molar-refractivity contribution is 0.253. The molecule has 0 aliphatic carbocycles. The van der Waals surface area contributed by atoms with Crippen molar-refractivity contribution in [1.82, 2.24) is 4.31 Å². The number of aryl methyl sites for hydroxylation is 2. The van der Waals surface area contributed by atoms with Crippen molar-refractivity contribution in [3.05, 3.63) is 29.3 Å². The smallest absolute Gasteiger partial charge is 0.243 e. The van der Waals surface area contributed by atoms with E-state index in [1.54, 1.807) is 12.1 Å². The average molecular weight is 282 g/mol. The summed E-state index contributed by atoms with van der Waals surface area (Å²) in [6, 6.07) is 5.21. The number of hydrogen-bond acceptors (Lipinski definition) is 3. The molecule has 0 radical (unpaired) electrons. The van der Waals surface area contributed by atoms with Crippen molar-refractivity contribution in [3.63, 3.8) is 0 Å². The van der Waals surface area contributed by atoms with E-state index in [0.29, 0.717) is 23.9 Å². The fourth-order valence-electron chi connectivity index (χ4n) is 2.31. The first-order valence-corrected chi connectivity index (χ1v) is 8.09. The fraction of sp³-hybridized carbons (Fsp3) is 0.571. The SMILES string of the molecule is Cc1ccc(S(=O)(=O)N2CCC(C)C(N)C2)cc1C. The van der Waals surface area contributed by atoms with Crippen LogP contribution < -0.4 is 5.73 Å². The molecular formula is C14H22N2O2S. The number of benzene rings is 1. The molecule has 0 aromatic heterocycles. The molecule has 2 N–H and O–H groups in total. The normalized spacial score (nSPS) is 25.5. The Morgan fingerprint density at radius 2 is 1.95 bits per heavy atom. The molecule has 19 heavy (non-hydrogen) atoms. The van der Waals surface area contributed by atoms with Crippen molar-refractivity contribution in [2.24, 2.45) is 11.7 Å². The summed E-state index contributed by atoms with van der Waals surface area (Å²) < 4.78 is 26.7. The maximum atomic E-state index is 12.6. The maximum absolute atomic E-state index is 12.6. The van der Waals surface area contributed by atoms with Crippen LogP contribution in [0.2, 0.25) is 0 Å². The minimum Gasteiger partial charge on any atom is -0.326 e. The largest absolute Gasteiger partial charge is 0.326 e. The molecule has 0 bridgehead atoms. The number of hydrogen-bond donors (Lipinski definition) is 1. The summed E-state index contributed by atoms with van der Waals surface area (Å²) in [7, 11) is -3.40. The summed E-state index contributed by atoms with van der Waals surface area (Å²) in [4.78, 5) is 0.373. The Bertz CT molecular complexity index is 569. The summed E-state index contributed by atoms with van der Waals surface area (Å²) in [5.41, 5.74) is 8.09. The van der Waals surface area contributed by atoms with Gasteiger partial charge in [0.1, 0.15) is 0 Å². The molecule has 0 saturated carbocycles. The standard InChI is InChI=1S/C14H22N2O2S/c1-10-4-5-13(8-12(10)3)19(17,18)16-7-6-11(2)14(15)9-16/h4-5,8,11,14H,6-7,9,15H2,1-3H3. The Morgan fingerprint density at radius 3 is 2.53 bits per heavy atom. The van der Waals surface area contributed by atoms with E-state index in [2.05, 4.69) is 6.92 Å². The lowest BCUT2D eigenvalue weighted by Crippen LogP contribution is -2.49. The van der Waals surface area contributed by atoms with Crippen LogP contribution in [0.5, 0.6) is 0 Å². The van der Waals surface area contributed by atoms with Gasteiger partial charge in [0.2, 0.25) is 10.0 Å². The Kier molecular flexibility index (Phi) is 3.99. The van der Waals surface area contributed by atoms with Gasteiger partial charge < -0.3 is 5.73 Å². The molecule has 4 nitrogen and oxygen atoms in total. The first kappa shape index (κ1) is 14.5.